The standard InChI is InChI=1S/C13H16N6O2.ClH/c1-19-5-4-15-7-10(19)12-17-13(21-18-12)9-3-2-8(6-16-9)11(14)20;/h2-3,6,10,15H,4-5,7H2,1H3,(H2,14,20);1H. The molecule has 1 amide bonds. The molecule has 0 radical (unpaired) electrons. The summed E-state index contributed by atoms with van der Waals surface area (Å²) in [5.41, 5.74) is 6.04. The number of carbonyl (C=O) groups is 1. The van der Waals surface area contributed by atoms with Crippen LogP contribution in [-0.4, -0.2) is 52.6 Å². The van der Waals surface area contributed by atoms with E-state index in [0.717, 1.165) is 19.6 Å². The first-order valence-electron chi connectivity index (χ1n) is 6.66. The van der Waals surface area contributed by atoms with E-state index in [1.165, 1.54) is 6.20 Å². The molecule has 1 saturated heterocycles. The highest BCUT2D eigenvalue weighted by Crippen LogP contribution is 2.21. The maximum absolute atomic E-state index is 11.0. The lowest BCUT2D eigenvalue weighted by Gasteiger charge is -2.30. The van der Waals surface area contributed by atoms with Gasteiger partial charge in [0, 0.05) is 25.8 Å². The Bertz CT molecular complexity index is 644. The van der Waals surface area contributed by atoms with Gasteiger partial charge in [-0.25, -0.2) is 0 Å². The molecule has 1 aliphatic rings. The van der Waals surface area contributed by atoms with Crippen molar-refractivity contribution in [3.05, 3.63) is 29.7 Å². The Balaban J connectivity index is 0.00000176. The molecule has 118 valence electrons. The predicted molar refractivity (Wildman–Crippen MR) is 81.5 cm³/mol. The molecule has 2 aromatic heterocycles. The van der Waals surface area contributed by atoms with Crippen molar-refractivity contribution in [1.29, 1.82) is 0 Å². The van der Waals surface area contributed by atoms with E-state index < -0.39 is 5.91 Å². The number of aromatic nitrogens is 3. The van der Waals surface area contributed by atoms with Crippen molar-refractivity contribution in [3.63, 3.8) is 0 Å². The van der Waals surface area contributed by atoms with Crippen LogP contribution in [0.4, 0.5) is 0 Å². The van der Waals surface area contributed by atoms with Crippen molar-refractivity contribution >= 4 is 18.3 Å². The smallest absolute Gasteiger partial charge is 0.276 e. The number of primary amides is 1. The molecule has 2 aromatic rings. The molecule has 0 aliphatic carbocycles. The van der Waals surface area contributed by atoms with Crippen molar-refractivity contribution in [2.75, 3.05) is 26.7 Å². The third kappa shape index (κ3) is 3.24. The summed E-state index contributed by atoms with van der Waals surface area (Å²) in [6.07, 6.45) is 1.40. The van der Waals surface area contributed by atoms with Crippen LogP contribution in [0.15, 0.2) is 22.9 Å². The number of nitrogens with one attached hydrogen (secondary N) is 1. The number of nitrogens with zero attached hydrogens (tertiary/aromatic N) is 4. The molecule has 0 spiro atoms. The summed E-state index contributed by atoms with van der Waals surface area (Å²) in [4.78, 5) is 21.7. The second-order valence-electron chi connectivity index (χ2n) is 4.95. The molecule has 1 atom stereocenters. The first-order valence-corrected chi connectivity index (χ1v) is 6.66. The quantitative estimate of drug-likeness (QED) is 0.831. The molecule has 9 heteroatoms. The minimum absolute atomic E-state index is 0. The first kappa shape index (κ1) is 16.3. The molecule has 22 heavy (non-hydrogen) atoms. The third-order valence-electron chi connectivity index (χ3n) is 3.52. The lowest BCUT2D eigenvalue weighted by Crippen LogP contribution is -2.44. The molecule has 0 saturated carbocycles. The summed E-state index contributed by atoms with van der Waals surface area (Å²) < 4.78 is 5.26. The van der Waals surface area contributed by atoms with Crippen LogP contribution < -0.4 is 11.1 Å². The van der Waals surface area contributed by atoms with E-state index in [4.69, 9.17) is 10.3 Å². The molecule has 1 fully saturated rings. The lowest BCUT2D eigenvalue weighted by molar-refractivity contribution is 0.1000. The van der Waals surface area contributed by atoms with Gasteiger partial charge in [-0.2, -0.15) is 4.98 Å². The zero-order valence-electron chi connectivity index (χ0n) is 12.0. The molecule has 3 heterocycles. The average Bonchev–Trinajstić information content (AvgIpc) is 2.97. The molecular weight excluding hydrogens is 308 g/mol. The van der Waals surface area contributed by atoms with Crippen LogP contribution in [0.5, 0.6) is 0 Å². The molecule has 0 aromatic carbocycles. The summed E-state index contributed by atoms with van der Waals surface area (Å²) in [6.45, 7) is 2.66. The third-order valence-corrected chi connectivity index (χ3v) is 3.52. The molecule has 1 aliphatic heterocycles. The van der Waals surface area contributed by atoms with E-state index >= 15 is 0 Å². The largest absolute Gasteiger partial charge is 0.366 e. The van der Waals surface area contributed by atoms with E-state index in [1.807, 2.05) is 7.05 Å². The van der Waals surface area contributed by atoms with Crippen LogP contribution in [0.1, 0.15) is 22.2 Å². The van der Waals surface area contributed by atoms with Crippen LogP contribution in [0.2, 0.25) is 0 Å². The molecular formula is C13H17ClN6O2. The van der Waals surface area contributed by atoms with Gasteiger partial charge in [0.15, 0.2) is 5.82 Å². The lowest BCUT2D eigenvalue weighted by atomic mass is 10.2. The number of nitrogens with two attached hydrogens (primary N) is 1. The summed E-state index contributed by atoms with van der Waals surface area (Å²) in [6, 6.07) is 3.31. The minimum Gasteiger partial charge on any atom is -0.366 e. The fraction of sp³-hybridized carbons (Fsp3) is 0.385. The number of likely N-dealkylation sites (N-methyl/N-ethyl adjacent to an activating group) is 1. The van der Waals surface area contributed by atoms with Crippen LogP contribution in [-0.2, 0) is 0 Å². The van der Waals surface area contributed by atoms with Crippen molar-refractivity contribution in [1.82, 2.24) is 25.3 Å². The molecule has 8 nitrogen and oxygen atoms in total. The van der Waals surface area contributed by atoms with E-state index in [2.05, 4.69) is 25.3 Å². The van der Waals surface area contributed by atoms with E-state index in [-0.39, 0.29) is 18.4 Å². The Hall–Kier alpha value is -2.03. The highest BCUT2D eigenvalue weighted by Gasteiger charge is 2.25. The maximum Gasteiger partial charge on any atom is 0.276 e. The Morgan fingerprint density at radius 2 is 2.32 bits per heavy atom. The fourth-order valence-electron chi connectivity index (χ4n) is 2.23. The van der Waals surface area contributed by atoms with Gasteiger partial charge in [0.25, 0.3) is 5.89 Å². The normalized spacial score (nSPS) is 18.7. The highest BCUT2D eigenvalue weighted by atomic mass is 35.5. The van der Waals surface area contributed by atoms with Crippen molar-refractivity contribution in [3.8, 4) is 11.6 Å². The Kier molecular flexibility index (Phi) is 5.07. The van der Waals surface area contributed by atoms with Gasteiger partial charge in [0.05, 0.1) is 11.6 Å². The zero-order chi connectivity index (χ0) is 14.8. The van der Waals surface area contributed by atoms with E-state index in [0.29, 0.717) is 23.0 Å². The topological polar surface area (TPSA) is 110 Å². The van der Waals surface area contributed by atoms with Gasteiger partial charge < -0.3 is 15.6 Å². The number of piperazine rings is 1. The van der Waals surface area contributed by atoms with Gasteiger partial charge in [0.2, 0.25) is 5.91 Å². The van der Waals surface area contributed by atoms with Crippen LogP contribution in [0.3, 0.4) is 0 Å². The SMILES string of the molecule is CN1CCNCC1c1noc(-c2ccc(C(N)=O)cn2)n1.Cl. The number of halogens is 1. The number of rotatable bonds is 3. The first-order chi connectivity index (χ1) is 10.1. The number of carbonyl (C=O) groups excluding carboxylic acids is 1. The summed E-state index contributed by atoms with van der Waals surface area (Å²) in [7, 11) is 2.03. The summed E-state index contributed by atoms with van der Waals surface area (Å²) in [5.74, 6) is 0.440. The fourth-order valence-corrected chi connectivity index (χ4v) is 2.23. The Morgan fingerprint density at radius 3 is 2.95 bits per heavy atom. The molecule has 3 N–H and O–H groups in total. The predicted octanol–water partition coefficient (Wildman–Crippen LogP) is 0.228. The Morgan fingerprint density at radius 1 is 1.50 bits per heavy atom. The van der Waals surface area contributed by atoms with Gasteiger partial charge in [0.1, 0.15) is 5.69 Å². The highest BCUT2D eigenvalue weighted by molar-refractivity contribution is 5.92. The number of pyridine rings is 1. The van der Waals surface area contributed by atoms with Crippen molar-refractivity contribution in [2.45, 2.75) is 6.04 Å². The van der Waals surface area contributed by atoms with Gasteiger partial charge in [-0.15, -0.1) is 12.4 Å². The Labute approximate surface area is 133 Å². The molecule has 3 rings (SSSR count). The average molecular weight is 325 g/mol. The van der Waals surface area contributed by atoms with E-state index in [1.54, 1.807) is 12.1 Å². The van der Waals surface area contributed by atoms with Crippen molar-refractivity contribution < 1.29 is 9.32 Å². The van der Waals surface area contributed by atoms with E-state index in [9.17, 15) is 4.79 Å². The van der Waals surface area contributed by atoms with Crippen LogP contribution in [0, 0.1) is 0 Å². The maximum atomic E-state index is 11.0. The van der Waals surface area contributed by atoms with Crippen LogP contribution >= 0.6 is 12.4 Å². The van der Waals surface area contributed by atoms with Gasteiger partial charge in [-0.05, 0) is 19.2 Å². The zero-order valence-corrected chi connectivity index (χ0v) is 12.8. The van der Waals surface area contributed by atoms with Gasteiger partial charge in [-0.3, -0.25) is 14.7 Å². The number of amides is 1. The van der Waals surface area contributed by atoms with Crippen molar-refractivity contribution in [2.24, 2.45) is 5.73 Å². The number of hydrogen-bond acceptors (Lipinski definition) is 7. The summed E-state index contributed by atoms with van der Waals surface area (Å²) >= 11 is 0. The van der Waals surface area contributed by atoms with Gasteiger partial charge >= 0.3 is 0 Å². The van der Waals surface area contributed by atoms with Gasteiger partial charge in [-0.1, -0.05) is 5.16 Å². The number of hydrogen-bond donors (Lipinski definition) is 2. The monoisotopic (exact) mass is 324 g/mol. The van der Waals surface area contributed by atoms with Crippen LogP contribution in [0.25, 0.3) is 11.6 Å². The minimum atomic E-state index is -0.518. The second-order valence-corrected chi connectivity index (χ2v) is 4.95. The second kappa shape index (κ2) is 6.82. The summed E-state index contributed by atoms with van der Waals surface area (Å²) in [5, 5.41) is 7.33. The molecule has 0 bridgehead atoms. The molecule has 1 unspecified atom stereocenters.